The summed E-state index contributed by atoms with van der Waals surface area (Å²) in [5.41, 5.74) is 12.5. The van der Waals surface area contributed by atoms with E-state index in [-0.39, 0.29) is 0 Å². The van der Waals surface area contributed by atoms with Gasteiger partial charge >= 0.3 is 0 Å². The Morgan fingerprint density at radius 1 is 0.706 bits per heavy atom. The van der Waals surface area contributed by atoms with E-state index in [1.54, 1.807) is 0 Å². The van der Waals surface area contributed by atoms with Crippen molar-refractivity contribution in [1.29, 1.82) is 0 Å². The number of hydrogen-bond donors (Lipinski definition) is 0. The van der Waals surface area contributed by atoms with Gasteiger partial charge in [0, 0.05) is 23.0 Å². The minimum Gasteiger partial charge on any atom is -0.314 e. The molecule has 0 aromatic heterocycles. The van der Waals surface area contributed by atoms with E-state index in [0.717, 1.165) is 38.5 Å². The van der Waals surface area contributed by atoms with Crippen LogP contribution in [0.3, 0.4) is 0 Å². The average molecular weight is 660 g/mol. The average Bonchev–Trinajstić information content (AvgIpc) is 3.19. The summed E-state index contributed by atoms with van der Waals surface area (Å²) < 4.78 is 0. The SMILES string of the molecule is C/C=C\C1=C(N(C2=CCC(c3cc4c(c5ccccc35)CCC=C4)C=C2)C2=CC=C(c3cc4ccccc4c4ccccc34)CC2)C=CCC1C. The van der Waals surface area contributed by atoms with Crippen molar-refractivity contribution in [3.8, 4) is 0 Å². The largest absolute Gasteiger partial charge is 0.314 e. The Morgan fingerprint density at radius 3 is 2.27 bits per heavy atom. The molecule has 0 saturated carbocycles. The van der Waals surface area contributed by atoms with Crippen LogP contribution in [0.25, 0.3) is 44.0 Å². The summed E-state index contributed by atoms with van der Waals surface area (Å²) in [5.74, 6) is 0.817. The smallest absolute Gasteiger partial charge is 0.0489 e. The highest BCUT2D eigenvalue weighted by Crippen LogP contribution is 2.43. The maximum atomic E-state index is 2.58. The third-order valence-electron chi connectivity index (χ3n) is 11.5. The van der Waals surface area contributed by atoms with Gasteiger partial charge in [-0.2, -0.15) is 0 Å². The van der Waals surface area contributed by atoms with E-state index in [1.807, 2.05) is 0 Å². The molecular weight excluding hydrogens is 615 g/mol. The maximum absolute atomic E-state index is 2.58. The summed E-state index contributed by atoms with van der Waals surface area (Å²) in [5, 5.41) is 8.14. The van der Waals surface area contributed by atoms with Gasteiger partial charge in [0.25, 0.3) is 0 Å². The van der Waals surface area contributed by atoms with Crippen molar-refractivity contribution in [2.24, 2.45) is 5.92 Å². The van der Waals surface area contributed by atoms with Crippen molar-refractivity contribution in [2.45, 2.75) is 58.3 Å². The van der Waals surface area contributed by atoms with E-state index in [1.165, 1.54) is 82.8 Å². The van der Waals surface area contributed by atoms with Gasteiger partial charge in [-0.05, 0) is 141 Å². The highest BCUT2D eigenvalue weighted by atomic mass is 15.2. The molecule has 0 saturated heterocycles. The van der Waals surface area contributed by atoms with E-state index >= 15 is 0 Å². The third-order valence-corrected chi connectivity index (χ3v) is 11.5. The van der Waals surface area contributed by atoms with Crippen LogP contribution in [0, 0.1) is 5.92 Å². The highest BCUT2D eigenvalue weighted by molar-refractivity contribution is 6.12. The zero-order chi connectivity index (χ0) is 34.3. The van der Waals surface area contributed by atoms with Crippen LogP contribution in [0.4, 0.5) is 0 Å². The molecule has 0 N–H and O–H groups in total. The van der Waals surface area contributed by atoms with Gasteiger partial charge in [0.1, 0.15) is 0 Å². The Labute approximate surface area is 302 Å². The molecule has 0 amide bonds. The molecule has 9 rings (SSSR count). The van der Waals surface area contributed by atoms with E-state index in [2.05, 4.69) is 171 Å². The van der Waals surface area contributed by atoms with Crippen molar-refractivity contribution >= 4 is 44.0 Å². The van der Waals surface area contributed by atoms with Crippen LogP contribution in [0.1, 0.15) is 74.1 Å². The summed E-state index contributed by atoms with van der Waals surface area (Å²) in [6.45, 7) is 4.51. The number of nitrogens with zero attached hydrogens (tertiary/aromatic N) is 1. The predicted octanol–water partition coefficient (Wildman–Crippen LogP) is 13.5. The molecule has 0 fully saturated rings. The van der Waals surface area contributed by atoms with Crippen molar-refractivity contribution in [1.82, 2.24) is 4.90 Å². The molecule has 0 aliphatic heterocycles. The van der Waals surface area contributed by atoms with E-state index < -0.39 is 0 Å². The lowest BCUT2D eigenvalue weighted by molar-refractivity contribution is 0.502. The fraction of sp³-hybridized carbons (Fsp3) is 0.200. The number of rotatable bonds is 6. The summed E-state index contributed by atoms with van der Waals surface area (Å²) in [6.07, 6.45) is 32.5. The second kappa shape index (κ2) is 13.4. The highest BCUT2D eigenvalue weighted by Gasteiger charge is 2.27. The molecule has 5 aromatic carbocycles. The van der Waals surface area contributed by atoms with Gasteiger partial charge in [-0.3, -0.25) is 0 Å². The summed E-state index contributed by atoms with van der Waals surface area (Å²) in [6, 6.07) is 31.7. The van der Waals surface area contributed by atoms with Gasteiger partial charge in [0.15, 0.2) is 0 Å². The molecule has 0 bridgehead atoms. The van der Waals surface area contributed by atoms with Crippen LogP contribution < -0.4 is 0 Å². The van der Waals surface area contributed by atoms with Crippen LogP contribution in [-0.2, 0) is 6.42 Å². The number of aryl methyl sites for hydroxylation is 1. The molecule has 0 heterocycles. The Hall–Kier alpha value is -5.40. The summed E-state index contributed by atoms with van der Waals surface area (Å²) >= 11 is 0. The topological polar surface area (TPSA) is 3.24 Å². The van der Waals surface area contributed by atoms with Gasteiger partial charge in [-0.25, -0.2) is 0 Å². The quantitative estimate of drug-likeness (QED) is 0.164. The Morgan fingerprint density at radius 2 is 1.49 bits per heavy atom. The summed E-state index contributed by atoms with van der Waals surface area (Å²) in [4.78, 5) is 2.58. The fourth-order valence-corrected chi connectivity index (χ4v) is 8.97. The van der Waals surface area contributed by atoms with Crippen LogP contribution in [0.15, 0.2) is 168 Å². The van der Waals surface area contributed by atoms with E-state index in [9.17, 15) is 0 Å². The molecule has 4 aliphatic carbocycles. The zero-order valence-corrected chi connectivity index (χ0v) is 29.8. The second-order valence-electron chi connectivity index (χ2n) is 14.6. The molecule has 5 aromatic rings. The molecule has 1 heteroatoms. The molecule has 0 spiro atoms. The maximum Gasteiger partial charge on any atom is 0.0489 e. The molecule has 0 radical (unpaired) electrons. The second-order valence-corrected chi connectivity index (χ2v) is 14.6. The Bertz CT molecular complexity index is 2450. The Kier molecular flexibility index (Phi) is 8.28. The van der Waals surface area contributed by atoms with Gasteiger partial charge in [0.05, 0.1) is 0 Å². The molecule has 2 atom stereocenters. The number of fused-ring (bicyclic) bond motifs is 6. The minimum atomic E-state index is 0.346. The molecular formula is C50H45N. The first kappa shape index (κ1) is 31.6. The van der Waals surface area contributed by atoms with E-state index in [4.69, 9.17) is 0 Å². The molecule has 1 nitrogen and oxygen atoms in total. The lowest BCUT2D eigenvalue weighted by Gasteiger charge is -2.36. The number of hydrogen-bond acceptors (Lipinski definition) is 1. The monoisotopic (exact) mass is 659 g/mol. The zero-order valence-electron chi connectivity index (χ0n) is 29.8. The molecule has 2 unspecified atom stereocenters. The predicted molar refractivity (Wildman–Crippen MR) is 219 cm³/mol. The normalized spacial score (nSPS) is 20.2. The van der Waals surface area contributed by atoms with E-state index in [0.29, 0.717) is 11.8 Å². The van der Waals surface area contributed by atoms with Crippen LogP contribution >= 0.6 is 0 Å². The van der Waals surface area contributed by atoms with Gasteiger partial charge in [0.2, 0.25) is 0 Å². The van der Waals surface area contributed by atoms with Crippen LogP contribution in [-0.4, -0.2) is 4.90 Å². The number of benzene rings is 5. The fourth-order valence-electron chi connectivity index (χ4n) is 8.97. The van der Waals surface area contributed by atoms with Crippen molar-refractivity contribution < 1.29 is 0 Å². The first-order valence-electron chi connectivity index (χ1n) is 18.9. The summed E-state index contributed by atoms with van der Waals surface area (Å²) in [7, 11) is 0. The lowest BCUT2D eigenvalue weighted by Crippen LogP contribution is -2.26. The standard InChI is InChI=1S/C50H45N/c1-3-13-41-34(2)14-12-23-50(41)51(39-28-24-35(25-29-39)48-32-37-15-4-6-17-42(37)44-19-8-10-21-46(44)48)40-30-26-36(27-31-40)49-33-38-16-5-7-18-43(38)45-20-9-11-22-47(45)49/h3-6,8-13,15-17,19-24,26,28,30-34,36H,7,14,18,25,27,29H2,1-2H3/b13-3-. The van der Waals surface area contributed by atoms with Crippen LogP contribution in [0.2, 0.25) is 0 Å². The third kappa shape index (κ3) is 5.66. The minimum absolute atomic E-state index is 0.346. The van der Waals surface area contributed by atoms with Gasteiger partial charge in [-0.15, -0.1) is 0 Å². The Balaban J connectivity index is 1.12. The van der Waals surface area contributed by atoms with Crippen molar-refractivity contribution in [2.75, 3.05) is 0 Å². The van der Waals surface area contributed by atoms with Gasteiger partial charge < -0.3 is 4.90 Å². The van der Waals surface area contributed by atoms with Gasteiger partial charge in [-0.1, -0.05) is 134 Å². The molecule has 51 heavy (non-hydrogen) atoms. The molecule has 250 valence electrons. The first-order chi connectivity index (χ1) is 25.2. The molecule has 4 aliphatic rings. The lowest BCUT2D eigenvalue weighted by atomic mass is 9.82. The van der Waals surface area contributed by atoms with Crippen molar-refractivity contribution in [3.05, 3.63) is 191 Å². The first-order valence-corrected chi connectivity index (χ1v) is 18.9. The van der Waals surface area contributed by atoms with Crippen molar-refractivity contribution in [3.63, 3.8) is 0 Å². The number of allylic oxidation sites excluding steroid dienone is 13. The van der Waals surface area contributed by atoms with Crippen LogP contribution in [0.5, 0.6) is 0 Å².